The Morgan fingerprint density at radius 1 is 1.10 bits per heavy atom. The van der Waals surface area contributed by atoms with Crippen molar-refractivity contribution in [3.05, 3.63) is 0 Å². The van der Waals surface area contributed by atoms with Crippen LogP contribution in [0, 0.1) is 0 Å². The molecule has 0 saturated heterocycles. The fraction of sp³-hybridized carbons (Fsp3) is 1.00. The number of ether oxygens (including phenoxy) is 1. The van der Waals surface area contributed by atoms with Crippen LogP contribution in [0.1, 0.15) is 32.1 Å². The molecule has 0 spiro atoms. The second-order valence-electron chi connectivity index (χ2n) is 2.70. The molecule has 1 fully saturated rings. The first-order valence-corrected chi connectivity index (χ1v) is 3.89. The predicted molar refractivity (Wildman–Crippen MR) is 42.0 cm³/mol. The van der Waals surface area contributed by atoms with Crippen LogP contribution in [-0.4, -0.2) is 25.4 Å². The summed E-state index contributed by atoms with van der Waals surface area (Å²) in [6.45, 7) is 0. The van der Waals surface area contributed by atoms with Crippen molar-refractivity contribution in [2.45, 2.75) is 38.2 Å². The largest absolute Gasteiger partial charge is 0.393 e. The Morgan fingerprint density at radius 3 is 1.70 bits per heavy atom. The smallest absolute Gasteiger partial charge is 0.0540 e. The summed E-state index contributed by atoms with van der Waals surface area (Å²) in [5.41, 5.74) is 0. The van der Waals surface area contributed by atoms with Crippen LogP contribution in [0.2, 0.25) is 0 Å². The predicted octanol–water partition coefficient (Wildman–Crippen LogP) is 1.57. The van der Waals surface area contributed by atoms with Crippen LogP contribution in [0.3, 0.4) is 0 Å². The Morgan fingerprint density at radius 2 is 1.50 bits per heavy atom. The van der Waals surface area contributed by atoms with E-state index in [4.69, 9.17) is 5.11 Å². The Kier molecular flexibility index (Phi) is 6.98. The molecule has 62 valence electrons. The van der Waals surface area contributed by atoms with Gasteiger partial charge in [-0.2, -0.15) is 0 Å². The van der Waals surface area contributed by atoms with E-state index in [9.17, 15) is 0 Å². The van der Waals surface area contributed by atoms with Crippen LogP contribution in [-0.2, 0) is 4.74 Å². The second-order valence-corrected chi connectivity index (χ2v) is 2.70. The lowest BCUT2D eigenvalue weighted by Gasteiger charge is -2.14. The highest BCUT2D eigenvalue weighted by Crippen LogP contribution is 2.16. The van der Waals surface area contributed by atoms with E-state index in [0.717, 1.165) is 12.8 Å². The first-order valence-electron chi connectivity index (χ1n) is 3.89. The van der Waals surface area contributed by atoms with Crippen LogP contribution in [0.15, 0.2) is 0 Å². The van der Waals surface area contributed by atoms with Gasteiger partial charge in [0.15, 0.2) is 0 Å². The molecule has 0 heterocycles. The monoisotopic (exact) mass is 146 g/mol. The molecular weight excluding hydrogens is 128 g/mol. The second kappa shape index (κ2) is 7.03. The quantitative estimate of drug-likeness (QED) is 0.562. The Labute approximate surface area is 63.2 Å². The molecule has 2 nitrogen and oxygen atoms in total. The average Bonchev–Trinajstić information content (AvgIpc) is 1.91. The summed E-state index contributed by atoms with van der Waals surface area (Å²) in [5.74, 6) is 0. The molecule has 1 aliphatic carbocycles. The maximum atomic E-state index is 8.91. The fourth-order valence-corrected chi connectivity index (χ4v) is 1.08. The van der Waals surface area contributed by atoms with Gasteiger partial charge in [0, 0.05) is 14.2 Å². The summed E-state index contributed by atoms with van der Waals surface area (Å²) in [5, 5.41) is 8.91. The summed E-state index contributed by atoms with van der Waals surface area (Å²) in [4.78, 5) is 0. The van der Waals surface area contributed by atoms with Crippen molar-refractivity contribution in [3.8, 4) is 0 Å². The summed E-state index contributed by atoms with van der Waals surface area (Å²) in [6.07, 6.45) is 5.92. The summed E-state index contributed by atoms with van der Waals surface area (Å²) in [7, 11) is 3.25. The van der Waals surface area contributed by atoms with Gasteiger partial charge in [-0.25, -0.2) is 0 Å². The van der Waals surface area contributed by atoms with E-state index in [1.54, 1.807) is 14.2 Å². The molecule has 0 amide bonds. The summed E-state index contributed by atoms with van der Waals surface area (Å²) < 4.78 is 4.25. The zero-order valence-corrected chi connectivity index (χ0v) is 6.97. The highest BCUT2D eigenvalue weighted by atomic mass is 16.4. The highest BCUT2D eigenvalue weighted by molar-refractivity contribution is 4.61. The van der Waals surface area contributed by atoms with Crippen LogP contribution in [0.25, 0.3) is 0 Å². The highest BCUT2D eigenvalue weighted by Gasteiger charge is 2.07. The number of hydrogen-bond donors (Lipinski definition) is 1. The molecule has 2 heteroatoms. The minimum Gasteiger partial charge on any atom is -0.393 e. The Bertz CT molecular complexity index is 58.3. The standard InChI is InChI=1S/C6H12O.C2H6O/c7-6-4-2-1-3-5-6;1-3-2/h6-7H,1-5H2;1-2H3. The van der Waals surface area contributed by atoms with E-state index >= 15 is 0 Å². The number of rotatable bonds is 0. The molecule has 1 rings (SSSR count). The van der Waals surface area contributed by atoms with E-state index in [-0.39, 0.29) is 6.10 Å². The SMILES string of the molecule is COC.OC1CCCCC1. The molecule has 0 bridgehead atoms. The van der Waals surface area contributed by atoms with Crippen LogP contribution < -0.4 is 0 Å². The molecule has 0 radical (unpaired) electrons. The fourth-order valence-electron chi connectivity index (χ4n) is 1.08. The minimum absolute atomic E-state index is 0.0359. The van der Waals surface area contributed by atoms with Crippen molar-refractivity contribution < 1.29 is 9.84 Å². The van der Waals surface area contributed by atoms with E-state index in [1.165, 1.54) is 19.3 Å². The van der Waals surface area contributed by atoms with Crippen molar-refractivity contribution in [2.24, 2.45) is 0 Å². The lowest BCUT2D eigenvalue weighted by Crippen LogP contribution is -2.09. The zero-order chi connectivity index (χ0) is 7.82. The topological polar surface area (TPSA) is 29.5 Å². The van der Waals surface area contributed by atoms with Crippen LogP contribution >= 0.6 is 0 Å². The number of aliphatic hydroxyl groups is 1. The van der Waals surface area contributed by atoms with Gasteiger partial charge in [-0.05, 0) is 12.8 Å². The lowest BCUT2D eigenvalue weighted by atomic mass is 9.98. The van der Waals surface area contributed by atoms with Crippen molar-refractivity contribution in [2.75, 3.05) is 14.2 Å². The summed E-state index contributed by atoms with van der Waals surface area (Å²) in [6, 6.07) is 0. The van der Waals surface area contributed by atoms with Gasteiger partial charge in [0.1, 0.15) is 0 Å². The maximum Gasteiger partial charge on any atom is 0.0540 e. The average molecular weight is 146 g/mol. The van der Waals surface area contributed by atoms with E-state index in [0.29, 0.717) is 0 Å². The minimum atomic E-state index is 0.0359. The van der Waals surface area contributed by atoms with Gasteiger partial charge >= 0.3 is 0 Å². The van der Waals surface area contributed by atoms with Crippen LogP contribution in [0.4, 0.5) is 0 Å². The third-order valence-corrected chi connectivity index (χ3v) is 1.57. The molecule has 10 heavy (non-hydrogen) atoms. The Balaban J connectivity index is 0.000000236. The van der Waals surface area contributed by atoms with E-state index < -0.39 is 0 Å². The van der Waals surface area contributed by atoms with Gasteiger partial charge in [-0.3, -0.25) is 0 Å². The molecule has 1 saturated carbocycles. The van der Waals surface area contributed by atoms with Gasteiger partial charge in [0.25, 0.3) is 0 Å². The molecule has 0 atom stereocenters. The van der Waals surface area contributed by atoms with Gasteiger partial charge in [0.05, 0.1) is 6.10 Å². The van der Waals surface area contributed by atoms with Gasteiger partial charge in [0.2, 0.25) is 0 Å². The molecule has 1 N–H and O–H groups in total. The van der Waals surface area contributed by atoms with Gasteiger partial charge < -0.3 is 9.84 Å². The molecule has 0 aromatic rings. The molecule has 0 aromatic heterocycles. The van der Waals surface area contributed by atoms with E-state index in [2.05, 4.69) is 4.74 Å². The zero-order valence-electron chi connectivity index (χ0n) is 6.97. The van der Waals surface area contributed by atoms with Crippen LogP contribution in [0.5, 0.6) is 0 Å². The molecule has 0 aliphatic heterocycles. The molecular formula is C8H18O2. The molecule has 1 aliphatic rings. The van der Waals surface area contributed by atoms with E-state index in [1.807, 2.05) is 0 Å². The van der Waals surface area contributed by atoms with Crippen molar-refractivity contribution >= 4 is 0 Å². The third-order valence-electron chi connectivity index (χ3n) is 1.57. The summed E-state index contributed by atoms with van der Waals surface area (Å²) >= 11 is 0. The van der Waals surface area contributed by atoms with Crippen molar-refractivity contribution in [1.29, 1.82) is 0 Å². The first-order chi connectivity index (χ1) is 4.81. The lowest BCUT2D eigenvalue weighted by molar-refractivity contribution is 0.130. The normalized spacial score (nSPS) is 19.5. The first kappa shape index (κ1) is 9.92. The van der Waals surface area contributed by atoms with Gasteiger partial charge in [-0.1, -0.05) is 19.3 Å². The number of aliphatic hydroxyl groups excluding tert-OH is 1. The number of hydrogen-bond acceptors (Lipinski definition) is 2. The molecule has 0 aromatic carbocycles. The third kappa shape index (κ3) is 6.05. The number of methoxy groups -OCH3 is 1. The van der Waals surface area contributed by atoms with Crippen molar-refractivity contribution in [1.82, 2.24) is 0 Å². The maximum absolute atomic E-state index is 8.91. The van der Waals surface area contributed by atoms with Crippen molar-refractivity contribution in [3.63, 3.8) is 0 Å². The van der Waals surface area contributed by atoms with Gasteiger partial charge in [-0.15, -0.1) is 0 Å². The Hall–Kier alpha value is -0.0800. The molecule has 0 unspecified atom stereocenters.